The van der Waals surface area contributed by atoms with Gasteiger partial charge in [0.2, 0.25) is 0 Å². The van der Waals surface area contributed by atoms with E-state index < -0.39 is 6.10 Å². The summed E-state index contributed by atoms with van der Waals surface area (Å²) in [5, 5.41) is 17.7. The normalized spacial score (nSPS) is 16.8. The number of hydrogen-bond donors (Lipinski definition) is 3. The van der Waals surface area contributed by atoms with Gasteiger partial charge in [0.1, 0.15) is 0 Å². The first-order valence-electron chi connectivity index (χ1n) is 3.76. The van der Waals surface area contributed by atoms with Crippen molar-refractivity contribution in [3.05, 3.63) is 0 Å². The molecule has 0 aliphatic rings. The number of nitrogens with two attached hydrogens (primary N) is 1. The monoisotopic (exact) mass is 147 g/mol. The molecule has 10 heavy (non-hydrogen) atoms. The van der Waals surface area contributed by atoms with E-state index in [0.717, 1.165) is 12.8 Å². The summed E-state index contributed by atoms with van der Waals surface area (Å²) in [4.78, 5) is 0. The number of rotatable bonds is 5. The largest absolute Gasteiger partial charge is 0.396 e. The van der Waals surface area contributed by atoms with Gasteiger partial charge in [-0.05, 0) is 12.8 Å². The Balaban J connectivity index is 3.38. The minimum absolute atomic E-state index is 0.0575. The third-order valence-corrected chi connectivity index (χ3v) is 1.54. The predicted octanol–water partition coefficient (Wildman–Crippen LogP) is -0.143. The molecule has 62 valence electrons. The molecule has 0 aromatic rings. The molecule has 0 saturated carbocycles. The van der Waals surface area contributed by atoms with Crippen LogP contribution in [0, 0.1) is 0 Å². The average Bonchev–Trinajstić information content (AvgIpc) is 1.89. The van der Waals surface area contributed by atoms with E-state index >= 15 is 0 Å². The summed E-state index contributed by atoms with van der Waals surface area (Å²) in [5.41, 5.74) is 5.50. The lowest BCUT2D eigenvalue weighted by Gasteiger charge is -2.16. The summed E-state index contributed by atoms with van der Waals surface area (Å²) < 4.78 is 0. The van der Waals surface area contributed by atoms with Gasteiger partial charge in [0.05, 0.1) is 6.10 Å². The van der Waals surface area contributed by atoms with Crippen LogP contribution >= 0.6 is 0 Å². The highest BCUT2D eigenvalue weighted by molar-refractivity contribution is 4.70. The van der Waals surface area contributed by atoms with Crippen molar-refractivity contribution in [2.75, 3.05) is 6.61 Å². The smallest absolute Gasteiger partial charge is 0.0691 e. The van der Waals surface area contributed by atoms with Gasteiger partial charge in [-0.2, -0.15) is 0 Å². The van der Waals surface area contributed by atoms with Crippen molar-refractivity contribution in [3.8, 4) is 0 Å². The van der Waals surface area contributed by atoms with Gasteiger partial charge < -0.3 is 15.9 Å². The number of aliphatic hydroxyl groups excluding tert-OH is 2. The molecule has 0 radical (unpaired) electrons. The van der Waals surface area contributed by atoms with Crippen molar-refractivity contribution < 1.29 is 10.2 Å². The summed E-state index contributed by atoms with van der Waals surface area (Å²) >= 11 is 0. The molecule has 0 amide bonds. The van der Waals surface area contributed by atoms with Gasteiger partial charge in [0.15, 0.2) is 0 Å². The van der Waals surface area contributed by atoms with Gasteiger partial charge in [-0.25, -0.2) is 0 Å². The third-order valence-electron chi connectivity index (χ3n) is 1.54. The van der Waals surface area contributed by atoms with Crippen LogP contribution in [0.4, 0.5) is 0 Å². The molecule has 0 aromatic heterocycles. The summed E-state index contributed by atoms with van der Waals surface area (Å²) in [5.74, 6) is 0. The van der Waals surface area contributed by atoms with Gasteiger partial charge in [-0.3, -0.25) is 0 Å². The zero-order valence-electron chi connectivity index (χ0n) is 6.45. The van der Waals surface area contributed by atoms with Gasteiger partial charge in [-0.1, -0.05) is 13.3 Å². The molecule has 0 aromatic carbocycles. The Morgan fingerprint density at radius 2 is 2.00 bits per heavy atom. The van der Waals surface area contributed by atoms with Gasteiger partial charge in [-0.15, -0.1) is 0 Å². The standard InChI is InChI=1S/C7H17NO2/c1-2-3-7(10)6(8)4-5-9/h6-7,9-10H,2-5,8H2,1H3/t6?,7-/m1/s1. The SMILES string of the molecule is CCC[C@@H](O)C(N)CCO. The maximum absolute atomic E-state index is 9.21. The quantitative estimate of drug-likeness (QED) is 0.507. The van der Waals surface area contributed by atoms with Crippen LogP contribution in [0.5, 0.6) is 0 Å². The zero-order chi connectivity index (χ0) is 7.98. The number of hydrogen-bond acceptors (Lipinski definition) is 3. The van der Waals surface area contributed by atoms with E-state index in [4.69, 9.17) is 10.8 Å². The topological polar surface area (TPSA) is 66.5 Å². The van der Waals surface area contributed by atoms with E-state index in [1.165, 1.54) is 0 Å². The first-order valence-corrected chi connectivity index (χ1v) is 3.76. The van der Waals surface area contributed by atoms with Gasteiger partial charge in [0.25, 0.3) is 0 Å². The molecule has 0 bridgehead atoms. The van der Waals surface area contributed by atoms with Crippen LogP contribution in [-0.4, -0.2) is 29.0 Å². The second kappa shape index (κ2) is 5.65. The lowest BCUT2D eigenvalue weighted by atomic mass is 10.1. The Bertz CT molecular complexity index is 68.0. The van der Waals surface area contributed by atoms with Crippen LogP contribution in [0.2, 0.25) is 0 Å². The van der Waals surface area contributed by atoms with E-state index in [9.17, 15) is 5.11 Å². The van der Waals surface area contributed by atoms with E-state index in [-0.39, 0.29) is 12.6 Å². The lowest BCUT2D eigenvalue weighted by molar-refractivity contribution is 0.119. The second-order valence-electron chi connectivity index (χ2n) is 2.53. The van der Waals surface area contributed by atoms with Crippen molar-refractivity contribution in [2.45, 2.75) is 38.3 Å². The molecule has 0 aliphatic carbocycles. The molecule has 0 spiro atoms. The van der Waals surface area contributed by atoms with E-state index in [2.05, 4.69) is 0 Å². The summed E-state index contributed by atoms with van der Waals surface area (Å²) in [6, 6.07) is -0.259. The molecular formula is C7H17NO2. The third kappa shape index (κ3) is 3.82. The van der Waals surface area contributed by atoms with E-state index in [0.29, 0.717) is 6.42 Å². The fourth-order valence-corrected chi connectivity index (χ4v) is 0.851. The maximum atomic E-state index is 9.21. The molecule has 3 nitrogen and oxygen atoms in total. The van der Waals surface area contributed by atoms with Crippen LogP contribution in [0.3, 0.4) is 0 Å². The summed E-state index contributed by atoms with van der Waals surface area (Å²) in [6.07, 6.45) is 1.69. The molecule has 0 fully saturated rings. The molecule has 0 heterocycles. The summed E-state index contributed by atoms with van der Waals surface area (Å²) in [6.45, 7) is 2.05. The fourth-order valence-electron chi connectivity index (χ4n) is 0.851. The van der Waals surface area contributed by atoms with Crippen LogP contribution in [0.15, 0.2) is 0 Å². The average molecular weight is 147 g/mol. The van der Waals surface area contributed by atoms with Crippen LogP contribution < -0.4 is 5.73 Å². The maximum Gasteiger partial charge on any atom is 0.0691 e. The fraction of sp³-hybridized carbons (Fsp3) is 1.00. The van der Waals surface area contributed by atoms with Crippen molar-refractivity contribution in [1.82, 2.24) is 0 Å². The van der Waals surface area contributed by atoms with Gasteiger partial charge >= 0.3 is 0 Å². The molecule has 0 aliphatic heterocycles. The highest BCUT2D eigenvalue weighted by Crippen LogP contribution is 2.02. The zero-order valence-corrected chi connectivity index (χ0v) is 6.45. The molecule has 0 saturated heterocycles. The second-order valence-corrected chi connectivity index (χ2v) is 2.53. The Labute approximate surface area is 61.9 Å². The molecule has 1 unspecified atom stereocenters. The number of aliphatic hydroxyl groups is 2. The summed E-state index contributed by atoms with van der Waals surface area (Å²) in [7, 11) is 0. The van der Waals surface area contributed by atoms with Crippen LogP contribution in [0.25, 0.3) is 0 Å². The van der Waals surface area contributed by atoms with Crippen LogP contribution in [0.1, 0.15) is 26.2 Å². The van der Waals surface area contributed by atoms with Crippen molar-refractivity contribution in [1.29, 1.82) is 0 Å². The predicted molar refractivity (Wildman–Crippen MR) is 40.6 cm³/mol. The van der Waals surface area contributed by atoms with E-state index in [1.807, 2.05) is 6.92 Å². The van der Waals surface area contributed by atoms with Crippen molar-refractivity contribution in [2.24, 2.45) is 5.73 Å². The Morgan fingerprint density at radius 1 is 1.40 bits per heavy atom. The first-order chi connectivity index (χ1) is 4.72. The van der Waals surface area contributed by atoms with Gasteiger partial charge in [0, 0.05) is 12.6 Å². The molecule has 4 N–H and O–H groups in total. The molecule has 2 atom stereocenters. The minimum atomic E-state index is -0.447. The van der Waals surface area contributed by atoms with Crippen LogP contribution in [-0.2, 0) is 0 Å². The minimum Gasteiger partial charge on any atom is -0.396 e. The highest BCUT2D eigenvalue weighted by atomic mass is 16.3. The Morgan fingerprint density at radius 3 is 2.40 bits per heavy atom. The Hall–Kier alpha value is -0.120. The Kier molecular flexibility index (Phi) is 5.58. The molecule has 0 rings (SSSR count). The first kappa shape index (κ1) is 9.88. The highest BCUT2D eigenvalue weighted by Gasteiger charge is 2.11. The molecular weight excluding hydrogens is 130 g/mol. The molecule has 3 heteroatoms. The van der Waals surface area contributed by atoms with E-state index in [1.54, 1.807) is 0 Å². The van der Waals surface area contributed by atoms with Crippen molar-refractivity contribution >= 4 is 0 Å². The lowest BCUT2D eigenvalue weighted by Crippen LogP contribution is -2.35. The van der Waals surface area contributed by atoms with Crippen molar-refractivity contribution in [3.63, 3.8) is 0 Å².